The summed E-state index contributed by atoms with van der Waals surface area (Å²) in [5.41, 5.74) is 0.920. The first-order valence-electron chi connectivity index (χ1n) is 5.51. The van der Waals surface area contributed by atoms with E-state index in [-0.39, 0.29) is 6.10 Å². The Morgan fingerprint density at radius 3 is 2.29 bits per heavy atom. The van der Waals surface area contributed by atoms with Crippen molar-refractivity contribution in [2.45, 2.75) is 13.0 Å². The van der Waals surface area contributed by atoms with E-state index >= 15 is 0 Å². The third-order valence-electron chi connectivity index (χ3n) is 2.48. The van der Waals surface area contributed by atoms with Gasteiger partial charge in [-0.1, -0.05) is 6.07 Å². The van der Waals surface area contributed by atoms with Gasteiger partial charge in [0.1, 0.15) is 17.6 Å². The summed E-state index contributed by atoms with van der Waals surface area (Å²) in [5, 5.41) is 0. The number of rotatable bonds is 4. The molecular formula is C14H15NO2. The molecule has 1 aromatic carbocycles. The fourth-order valence-electron chi connectivity index (χ4n) is 1.54. The SMILES string of the molecule is COc1ccc(O[C@H](C)c2ccccn2)cc1. The first-order valence-corrected chi connectivity index (χ1v) is 5.51. The summed E-state index contributed by atoms with van der Waals surface area (Å²) in [6.07, 6.45) is 1.70. The van der Waals surface area contributed by atoms with Crippen molar-refractivity contribution in [3.63, 3.8) is 0 Å². The largest absolute Gasteiger partial charge is 0.497 e. The van der Waals surface area contributed by atoms with Crippen LogP contribution in [0, 0.1) is 0 Å². The molecule has 1 heterocycles. The number of benzene rings is 1. The van der Waals surface area contributed by atoms with Gasteiger partial charge in [0.2, 0.25) is 0 Å². The molecule has 0 unspecified atom stereocenters. The van der Waals surface area contributed by atoms with Crippen LogP contribution in [0.4, 0.5) is 0 Å². The van der Waals surface area contributed by atoms with Gasteiger partial charge in [0.05, 0.1) is 12.8 Å². The smallest absolute Gasteiger partial charge is 0.138 e. The highest BCUT2D eigenvalue weighted by Gasteiger charge is 2.07. The van der Waals surface area contributed by atoms with Crippen molar-refractivity contribution in [3.8, 4) is 11.5 Å². The molecule has 2 aromatic rings. The van der Waals surface area contributed by atoms with Crippen LogP contribution in [0.5, 0.6) is 11.5 Å². The second-order valence-electron chi connectivity index (χ2n) is 3.69. The maximum atomic E-state index is 5.78. The van der Waals surface area contributed by atoms with Crippen LogP contribution in [0.1, 0.15) is 18.7 Å². The van der Waals surface area contributed by atoms with Crippen LogP contribution in [0.25, 0.3) is 0 Å². The van der Waals surface area contributed by atoms with Gasteiger partial charge in [-0.05, 0) is 43.3 Å². The zero-order valence-electron chi connectivity index (χ0n) is 9.96. The van der Waals surface area contributed by atoms with Gasteiger partial charge in [-0.2, -0.15) is 0 Å². The van der Waals surface area contributed by atoms with Crippen LogP contribution < -0.4 is 9.47 Å². The minimum Gasteiger partial charge on any atom is -0.497 e. The Morgan fingerprint density at radius 1 is 1.00 bits per heavy atom. The Bertz CT molecular complexity index is 453. The molecule has 0 bridgehead atoms. The predicted molar refractivity (Wildman–Crippen MR) is 66.3 cm³/mol. The molecule has 0 saturated carbocycles. The number of methoxy groups -OCH3 is 1. The van der Waals surface area contributed by atoms with Crippen molar-refractivity contribution in [3.05, 3.63) is 54.4 Å². The minimum atomic E-state index is -0.0652. The van der Waals surface area contributed by atoms with E-state index in [1.807, 2.05) is 49.4 Å². The molecule has 1 atom stereocenters. The number of hydrogen-bond donors (Lipinski definition) is 0. The molecule has 0 saturated heterocycles. The van der Waals surface area contributed by atoms with Crippen molar-refractivity contribution >= 4 is 0 Å². The zero-order chi connectivity index (χ0) is 12.1. The molecular weight excluding hydrogens is 214 g/mol. The molecule has 1 aromatic heterocycles. The highest BCUT2D eigenvalue weighted by atomic mass is 16.5. The second kappa shape index (κ2) is 5.34. The monoisotopic (exact) mass is 229 g/mol. The van der Waals surface area contributed by atoms with Gasteiger partial charge in [0.15, 0.2) is 0 Å². The van der Waals surface area contributed by atoms with Gasteiger partial charge >= 0.3 is 0 Å². The van der Waals surface area contributed by atoms with Crippen molar-refractivity contribution in [1.82, 2.24) is 4.98 Å². The first-order chi connectivity index (χ1) is 8.29. The number of hydrogen-bond acceptors (Lipinski definition) is 3. The Morgan fingerprint density at radius 2 is 1.71 bits per heavy atom. The standard InChI is InChI=1S/C14H15NO2/c1-11(14-5-3-4-10-15-14)17-13-8-6-12(16-2)7-9-13/h3-11H,1-2H3/t11-/m1/s1. The third-order valence-corrected chi connectivity index (χ3v) is 2.48. The molecule has 88 valence electrons. The summed E-state index contributed by atoms with van der Waals surface area (Å²) in [6, 6.07) is 13.3. The number of aromatic nitrogens is 1. The van der Waals surface area contributed by atoms with Crippen LogP contribution in [-0.4, -0.2) is 12.1 Å². The number of nitrogens with zero attached hydrogens (tertiary/aromatic N) is 1. The fraction of sp³-hybridized carbons (Fsp3) is 0.214. The molecule has 0 aliphatic carbocycles. The van der Waals surface area contributed by atoms with E-state index in [1.54, 1.807) is 13.3 Å². The molecule has 0 N–H and O–H groups in total. The fourth-order valence-corrected chi connectivity index (χ4v) is 1.54. The molecule has 0 aliphatic heterocycles. The topological polar surface area (TPSA) is 31.4 Å². The van der Waals surface area contributed by atoms with Crippen molar-refractivity contribution in [2.24, 2.45) is 0 Å². The summed E-state index contributed by atoms with van der Waals surface area (Å²) in [7, 11) is 1.65. The van der Waals surface area contributed by atoms with Crippen LogP contribution in [0.3, 0.4) is 0 Å². The summed E-state index contributed by atoms with van der Waals surface area (Å²) >= 11 is 0. The maximum absolute atomic E-state index is 5.78. The molecule has 3 heteroatoms. The van der Waals surface area contributed by atoms with Crippen LogP contribution >= 0.6 is 0 Å². The van der Waals surface area contributed by atoms with E-state index in [4.69, 9.17) is 9.47 Å². The lowest BCUT2D eigenvalue weighted by molar-refractivity contribution is 0.221. The van der Waals surface area contributed by atoms with E-state index in [9.17, 15) is 0 Å². The Hall–Kier alpha value is -2.03. The van der Waals surface area contributed by atoms with Crippen LogP contribution in [0.15, 0.2) is 48.7 Å². The molecule has 2 rings (SSSR count). The van der Waals surface area contributed by atoms with Gasteiger partial charge in [-0.3, -0.25) is 4.98 Å². The molecule has 0 amide bonds. The van der Waals surface area contributed by atoms with E-state index in [1.165, 1.54) is 0 Å². The lowest BCUT2D eigenvalue weighted by Crippen LogP contribution is -2.04. The van der Waals surface area contributed by atoms with E-state index < -0.39 is 0 Å². The van der Waals surface area contributed by atoms with Gasteiger partial charge in [-0.25, -0.2) is 0 Å². The zero-order valence-corrected chi connectivity index (χ0v) is 9.96. The highest BCUT2D eigenvalue weighted by Crippen LogP contribution is 2.22. The van der Waals surface area contributed by atoms with Crippen molar-refractivity contribution < 1.29 is 9.47 Å². The molecule has 17 heavy (non-hydrogen) atoms. The highest BCUT2D eigenvalue weighted by molar-refractivity contribution is 5.31. The summed E-state index contributed by atoms with van der Waals surface area (Å²) in [5.74, 6) is 1.63. The van der Waals surface area contributed by atoms with E-state index in [0.29, 0.717) is 0 Å². The van der Waals surface area contributed by atoms with Gasteiger partial charge in [-0.15, -0.1) is 0 Å². The van der Waals surface area contributed by atoms with Crippen molar-refractivity contribution in [1.29, 1.82) is 0 Å². The lowest BCUT2D eigenvalue weighted by Gasteiger charge is -2.14. The molecule has 0 aliphatic rings. The minimum absolute atomic E-state index is 0.0652. The normalized spacial score (nSPS) is 11.9. The Labute approximate surface area is 101 Å². The Kier molecular flexibility index (Phi) is 3.60. The average Bonchev–Trinajstić information content (AvgIpc) is 2.40. The first kappa shape index (κ1) is 11.5. The molecule has 0 radical (unpaired) electrons. The lowest BCUT2D eigenvalue weighted by atomic mass is 10.2. The van der Waals surface area contributed by atoms with Gasteiger partial charge < -0.3 is 9.47 Å². The number of pyridine rings is 1. The quantitative estimate of drug-likeness (QED) is 0.806. The van der Waals surface area contributed by atoms with Crippen molar-refractivity contribution in [2.75, 3.05) is 7.11 Å². The van der Waals surface area contributed by atoms with Gasteiger partial charge in [0, 0.05) is 6.20 Å². The summed E-state index contributed by atoms with van der Waals surface area (Å²) in [4.78, 5) is 4.26. The molecule has 0 fully saturated rings. The predicted octanol–water partition coefficient (Wildman–Crippen LogP) is 3.23. The Balaban J connectivity index is 2.05. The number of ether oxygens (including phenoxy) is 2. The molecule has 3 nitrogen and oxygen atoms in total. The third kappa shape index (κ3) is 2.97. The van der Waals surface area contributed by atoms with Crippen LogP contribution in [0.2, 0.25) is 0 Å². The summed E-state index contributed by atoms with van der Waals surface area (Å²) < 4.78 is 10.9. The van der Waals surface area contributed by atoms with E-state index in [2.05, 4.69) is 4.98 Å². The van der Waals surface area contributed by atoms with E-state index in [0.717, 1.165) is 17.2 Å². The summed E-state index contributed by atoms with van der Waals surface area (Å²) in [6.45, 7) is 1.98. The van der Waals surface area contributed by atoms with Crippen LogP contribution in [-0.2, 0) is 0 Å². The second-order valence-corrected chi connectivity index (χ2v) is 3.69. The average molecular weight is 229 g/mol. The maximum Gasteiger partial charge on any atom is 0.138 e. The van der Waals surface area contributed by atoms with Gasteiger partial charge in [0.25, 0.3) is 0 Å². The molecule has 0 spiro atoms.